The number of hydrogen-bond donors (Lipinski definition) is 2. The molecule has 32 heavy (non-hydrogen) atoms. The van der Waals surface area contributed by atoms with Crippen molar-refractivity contribution in [1.29, 1.82) is 0 Å². The Bertz CT molecular complexity index is 1050. The lowest BCUT2D eigenvalue weighted by Crippen LogP contribution is -2.31. The van der Waals surface area contributed by atoms with E-state index in [2.05, 4.69) is 30.4 Å². The van der Waals surface area contributed by atoms with Gasteiger partial charge in [0.05, 0.1) is 26.7 Å². The lowest BCUT2D eigenvalue weighted by Gasteiger charge is -2.22. The zero-order valence-electron chi connectivity index (χ0n) is 19.1. The first kappa shape index (κ1) is 23.5. The number of esters is 1. The molecule has 0 saturated heterocycles. The second-order valence-corrected chi connectivity index (χ2v) is 7.97. The van der Waals surface area contributed by atoms with E-state index in [0.29, 0.717) is 6.54 Å². The van der Waals surface area contributed by atoms with Gasteiger partial charge in [-0.05, 0) is 48.2 Å². The SMILES string of the molecule is COC(=O)Cc1ccc(OC)c(-c2ccc(C)cc2CN[C@@H](C)[C@H](O)c2ccccc2)c1. The third kappa shape index (κ3) is 5.75. The van der Waals surface area contributed by atoms with Crippen molar-refractivity contribution < 1.29 is 19.4 Å². The van der Waals surface area contributed by atoms with Gasteiger partial charge in [-0.15, -0.1) is 0 Å². The topological polar surface area (TPSA) is 67.8 Å². The molecule has 0 spiro atoms. The molecule has 0 aromatic heterocycles. The molecule has 0 bridgehead atoms. The lowest BCUT2D eigenvalue weighted by atomic mass is 9.94. The number of methoxy groups -OCH3 is 2. The number of nitrogens with one attached hydrogen (secondary N) is 1. The number of carbonyl (C=O) groups is 1. The molecular weight excluding hydrogens is 402 g/mol. The van der Waals surface area contributed by atoms with Crippen LogP contribution < -0.4 is 10.1 Å². The standard InChI is InChI=1S/C27H31NO4/c1-18-10-12-23(24-15-20(16-26(29)32-4)11-13-25(24)31-3)22(14-18)17-28-19(2)27(30)21-8-6-5-7-9-21/h5-15,19,27-28,30H,16-17H2,1-4H3/t19-,27-/m0/s1. The molecule has 3 rings (SSSR count). The van der Waals surface area contributed by atoms with Crippen LogP contribution in [-0.4, -0.2) is 31.3 Å². The number of aryl methyl sites for hydroxylation is 1. The molecule has 0 unspecified atom stereocenters. The molecule has 5 heteroatoms. The van der Waals surface area contributed by atoms with E-state index >= 15 is 0 Å². The first-order valence-electron chi connectivity index (χ1n) is 10.7. The summed E-state index contributed by atoms with van der Waals surface area (Å²) in [6.07, 6.45) is -0.407. The highest BCUT2D eigenvalue weighted by Crippen LogP contribution is 2.34. The Balaban J connectivity index is 1.88. The zero-order valence-corrected chi connectivity index (χ0v) is 19.1. The fourth-order valence-electron chi connectivity index (χ4n) is 3.77. The molecule has 0 heterocycles. The molecule has 2 atom stereocenters. The summed E-state index contributed by atoms with van der Waals surface area (Å²) < 4.78 is 10.4. The number of aliphatic hydroxyl groups excluding tert-OH is 1. The first-order valence-corrected chi connectivity index (χ1v) is 10.7. The fourth-order valence-corrected chi connectivity index (χ4v) is 3.77. The molecule has 0 amide bonds. The molecule has 3 aromatic carbocycles. The van der Waals surface area contributed by atoms with Gasteiger partial charge >= 0.3 is 5.97 Å². The van der Waals surface area contributed by atoms with Gasteiger partial charge < -0.3 is 19.9 Å². The highest BCUT2D eigenvalue weighted by atomic mass is 16.5. The van der Waals surface area contributed by atoms with Gasteiger partial charge in [0.15, 0.2) is 0 Å². The fraction of sp³-hybridized carbons (Fsp3) is 0.296. The van der Waals surface area contributed by atoms with Gasteiger partial charge in [-0.2, -0.15) is 0 Å². The molecule has 0 aliphatic rings. The maximum Gasteiger partial charge on any atom is 0.309 e. The minimum Gasteiger partial charge on any atom is -0.496 e. The molecule has 168 valence electrons. The van der Waals surface area contributed by atoms with Gasteiger partial charge in [0, 0.05) is 18.2 Å². The van der Waals surface area contributed by atoms with E-state index in [0.717, 1.165) is 39.1 Å². The van der Waals surface area contributed by atoms with Crippen LogP contribution in [0.4, 0.5) is 0 Å². The summed E-state index contributed by atoms with van der Waals surface area (Å²) in [4.78, 5) is 11.8. The van der Waals surface area contributed by atoms with E-state index in [1.807, 2.05) is 55.5 Å². The van der Waals surface area contributed by atoms with E-state index in [9.17, 15) is 9.90 Å². The van der Waals surface area contributed by atoms with E-state index in [1.54, 1.807) is 7.11 Å². The van der Waals surface area contributed by atoms with Crippen LogP contribution in [0.1, 0.15) is 35.3 Å². The van der Waals surface area contributed by atoms with Gasteiger partial charge in [0.1, 0.15) is 5.75 Å². The van der Waals surface area contributed by atoms with Crippen LogP contribution in [-0.2, 0) is 22.5 Å². The largest absolute Gasteiger partial charge is 0.496 e. The minimum atomic E-state index is -0.609. The number of rotatable bonds is 9. The number of benzene rings is 3. The molecule has 0 aliphatic carbocycles. The maximum atomic E-state index is 11.8. The second-order valence-electron chi connectivity index (χ2n) is 7.97. The molecule has 0 fully saturated rings. The Labute approximate surface area is 190 Å². The van der Waals surface area contributed by atoms with Crippen molar-refractivity contribution >= 4 is 5.97 Å². The number of carbonyl (C=O) groups excluding carboxylic acids is 1. The Morgan fingerprint density at radius 1 is 1.00 bits per heavy atom. The molecule has 0 aliphatic heterocycles. The van der Waals surface area contributed by atoms with Gasteiger partial charge in [-0.3, -0.25) is 4.79 Å². The Hall–Kier alpha value is -3.15. The zero-order chi connectivity index (χ0) is 23.1. The first-order chi connectivity index (χ1) is 15.4. The predicted octanol–water partition coefficient (Wildman–Crippen LogP) is 4.60. The molecule has 3 aromatic rings. The number of hydrogen-bond acceptors (Lipinski definition) is 5. The van der Waals surface area contributed by atoms with Crippen LogP contribution in [0.5, 0.6) is 5.75 Å². The number of ether oxygens (including phenoxy) is 2. The third-order valence-electron chi connectivity index (χ3n) is 5.62. The predicted molar refractivity (Wildman–Crippen MR) is 127 cm³/mol. The normalized spacial score (nSPS) is 12.8. The highest BCUT2D eigenvalue weighted by Gasteiger charge is 2.18. The molecule has 5 nitrogen and oxygen atoms in total. The average molecular weight is 434 g/mol. The van der Waals surface area contributed by atoms with Crippen LogP contribution in [0.15, 0.2) is 66.7 Å². The monoisotopic (exact) mass is 433 g/mol. The van der Waals surface area contributed by atoms with Crippen LogP contribution >= 0.6 is 0 Å². The van der Waals surface area contributed by atoms with E-state index in [1.165, 1.54) is 7.11 Å². The minimum absolute atomic E-state index is 0.140. The van der Waals surface area contributed by atoms with Crippen LogP contribution in [0.25, 0.3) is 11.1 Å². The molecule has 2 N–H and O–H groups in total. The smallest absolute Gasteiger partial charge is 0.309 e. The summed E-state index contributed by atoms with van der Waals surface area (Å²) in [5.41, 5.74) is 5.92. The summed E-state index contributed by atoms with van der Waals surface area (Å²) in [7, 11) is 3.03. The van der Waals surface area contributed by atoms with Gasteiger partial charge in [0.25, 0.3) is 0 Å². The Kier molecular flexibility index (Phi) is 8.03. The Morgan fingerprint density at radius 2 is 1.75 bits per heavy atom. The van der Waals surface area contributed by atoms with Crippen molar-refractivity contribution in [3.63, 3.8) is 0 Å². The van der Waals surface area contributed by atoms with Crippen molar-refractivity contribution in [3.8, 4) is 16.9 Å². The molecule has 0 radical (unpaired) electrons. The number of aliphatic hydroxyl groups is 1. The highest BCUT2D eigenvalue weighted by molar-refractivity contribution is 5.77. The lowest BCUT2D eigenvalue weighted by molar-refractivity contribution is -0.139. The van der Waals surface area contributed by atoms with Crippen LogP contribution in [0, 0.1) is 6.92 Å². The summed E-state index contributed by atoms with van der Waals surface area (Å²) >= 11 is 0. The van der Waals surface area contributed by atoms with E-state index < -0.39 is 6.10 Å². The summed E-state index contributed by atoms with van der Waals surface area (Å²) in [6, 6.07) is 21.5. The van der Waals surface area contributed by atoms with Crippen molar-refractivity contribution in [2.24, 2.45) is 0 Å². The maximum absolute atomic E-state index is 11.8. The summed E-state index contributed by atoms with van der Waals surface area (Å²) in [6.45, 7) is 4.61. The van der Waals surface area contributed by atoms with E-state index in [-0.39, 0.29) is 18.4 Å². The molecule has 0 saturated carbocycles. The van der Waals surface area contributed by atoms with Crippen LogP contribution in [0.3, 0.4) is 0 Å². The van der Waals surface area contributed by atoms with Crippen molar-refractivity contribution in [3.05, 3.63) is 89.0 Å². The Morgan fingerprint density at radius 3 is 2.44 bits per heavy atom. The van der Waals surface area contributed by atoms with E-state index in [4.69, 9.17) is 9.47 Å². The van der Waals surface area contributed by atoms with Crippen molar-refractivity contribution in [1.82, 2.24) is 5.32 Å². The van der Waals surface area contributed by atoms with Crippen molar-refractivity contribution in [2.45, 2.75) is 39.0 Å². The summed E-state index contributed by atoms with van der Waals surface area (Å²) in [5.74, 6) is 0.455. The van der Waals surface area contributed by atoms with Gasteiger partial charge in [-0.1, -0.05) is 60.2 Å². The summed E-state index contributed by atoms with van der Waals surface area (Å²) in [5, 5.41) is 14.2. The van der Waals surface area contributed by atoms with Gasteiger partial charge in [0.2, 0.25) is 0 Å². The van der Waals surface area contributed by atoms with Crippen LogP contribution in [0.2, 0.25) is 0 Å². The van der Waals surface area contributed by atoms with Crippen molar-refractivity contribution in [2.75, 3.05) is 14.2 Å². The quantitative estimate of drug-likeness (QED) is 0.483. The van der Waals surface area contributed by atoms with Gasteiger partial charge in [-0.25, -0.2) is 0 Å². The second kappa shape index (κ2) is 10.9. The third-order valence-corrected chi connectivity index (χ3v) is 5.62. The average Bonchev–Trinajstić information content (AvgIpc) is 2.82. The molecular formula is C27H31NO4.